The van der Waals surface area contributed by atoms with E-state index in [2.05, 4.69) is 30.7 Å². The van der Waals surface area contributed by atoms with Gasteiger partial charge in [0.1, 0.15) is 36.1 Å². The van der Waals surface area contributed by atoms with Gasteiger partial charge in [-0.2, -0.15) is 0 Å². The number of ether oxygens (including phenoxy) is 2. The van der Waals surface area contributed by atoms with Gasteiger partial charge < -0.3 is 29.0 Å². The Labute approximate surface area is 404 Å². The number of pyridine rings is 4. The Kier molecular flexibility index (Phi) is 11.8. The number of hydrogen-bond acceptors (Lipinski definition) is 14. The Balaban J connectivity index is 0.951. The van der Waals surface area contributed by atoms with Gasteiger partial charge in [0.15, 0.2) is 0 Å². The van der Waals surface area contributed by atoms with Crippen LogP contribution >= 0.6 is 0 Å². The number of carbonyl (C=O) groups is 2. The van der Waals surface area contributed by atoms with Crippen LogP contribution in [0.3, 0.4) is 0 Å². The molecule has 0 aliphatic carbocycles. The summed E-state index contributed by atoms with van der Waals surface area (Å²) in [6.07, 6.45) is 6.44. The number of fused-ring (bicyclic) bond motifs is 6. The van der Waals surface area contributed by atoms with Crippen molar-refractivity contribution in [3.8, 4) is 33.8 Å². The molecular formula is C50H47BN12O8. The number of nitrogens with zero attached hydrogens (tertiary/aromatic N) is 10. The Morgan fingerprint density at radius 2 is 1.06 bits per heavy atom. The molecule has 0 aliphatic heterocycles. The van der Waals surface area contributed by atoms with Crippen LogP contribution in [-0.2, 0) is 22.7 Å². The fourth-order valence-corrected chi connectivity index (χ4v) is 9.59. The van der Waals surface area contributed by atoms with Gasteiger partial charge in [-0.05, 0) is 90.1 Å². The first-order chi connectivity index (χ1) is 34.3. The molecule has 2 atom stereocenters. The minimum atomic E-state index is -0.568. The molecule has 2 aromatic carbocycles. The van der Waals surface area contributed by atoms with Crippen LogP contribution in [0.4, 0.5) is 0 Å². The quantitative estimate of drug-likeness (QED) is 0.123. The summed E-state index contributed by atoms with van der Waals surface area (Å²) < 4.78 is 28.6. The molecule has 20 nitrogen and oxygen atoms in total. The maximum atomic E-state index is 14.6. The highest BCUT2D eigenvalue weighted by Crippen LogP contribution is 2.41. The molecular weight excluding hydrogens is 907 g/mol. The SMILES string of the molecule is COc1cc2c(cc1-c1c(C)noc1C)ncc1c2n([C@H](C)c2ccccn2)c(=O)n1CC(=O)NBNC(=O)Cn1c(=O)n([C@H](C)c2ccccn2)c2c3cc(OC)c(-c4c(C)noc4C)cc3ncc21. The van der Waals surface area contributed by atoms with E-state index >= 15 is 0 Å². The molecule has 358 valence electrons. The van der Waals surface area contributed by atoms with Gasteiger partial charge in [-0.3, -0.25) is 47.8 Å². The molecule has 0 spiro atoms. The molecule has 0 unspecified atom stereocenters. The Morgan fingerprint density at radius 3 is 1.41 bits per heavy atom. The second-order valence-electron chi connectivity index (χ2n) is 17.2. The van der Waals surface area contributed by atoms with Gasteiger partial charge in [0.2, 0.25) is 11.8 Å². The zero-order valence-corrected chi connectivity index (χ0v) is 40.1. The van der Waals surface area contributed by atoms with Gasteiger partial charge in [-0.15, -0.1) is 0 Å². The molecule has 2 amide bonds. The number of benzene rings is 2. The smallest absolute Gasteiger partial charge is 0.355 e. The molecule has 10 aromatic rings. The lowest BCUT2D eigenvalue weighted by atomic mass is 10.00. The topological polar surface area (TPSA) is 234 Å². The summed E-state index contributed by atoms with van der Waals surface area (Å²) in [5, 5.41) is 14.9. The predicted octanol–water partition coefficient (Wildman–Crippen LogP) is 5.78. The standard InChI is InChI=1S/C50H47BN12O8/c1-25-45(29(5)70-58-25)33-17-37-31(19-41(33)68-7)47-39(21-54-37)60(49(66)62(47)27(3)35-13-9-11-15-52-35)23-43(64)56-51-57-44(65)24-61-40-22-55-38-18-34(46-26(2)59-71-30(46)6)42(69-8)20-32(38)48(40)63(50(61)67)28(4)36-14-10-12-16-53-36/h9-22,27-28,51H,23-24H2,1-8H3,(H,56,64)(H,57,65)/t27-,28-/m1/s1. The molecule has 8 aromatic heterocycles. The number of imidazole rings is 2. The van der Waals surface area contributed by atoms with Crippen LogP contribution in [-0.4, -0.2) is 82.1 Å². The highest BCUT2D eigenvalue weighted by atomic mass is 16.5. The number of amides is 2. The Morgan fingerprint density at radius 1 is 0.634 bits per heavy atom. The summed E-state index contributed by atoms with van der Waals surface area (Å²) in [5.74, 6) is 1.10. The molecule has 0 saturated heterocycles. The summed E-state index contributed by atoms with van der Waals surface area (Å²) in [4.78, 5) is 75.3. The van der Waals surface area contributed by atoms with Crippen molar-refractivity contribution in [2.45, 2.75) is 66.7 Å². The average Bonchev–Trinajstić information content (AvgIpc) is 4.08. The largest absolute Gasteiger partial charge is 0.496 e. The predicted molar refractivity (Wildman–Crippen MR) is 266 cm³/mol. The maximum Gasteiger partial charge on any atom is 0.355 e. The number of carbonyl (C=O) groups excluding carboxylic acids is 2. The van der Waals surface area contributed by atoms with Gasteiger partial charge in [0.05, 0.1) is 106 Å². The molecule has 0 radical (unpaired) electrons. The van der Waals surface area contributed by atoms with Crippen LogP contribution < -0.4 is 31.3 Å². The van der Waals surface area contributed by atoms with Crippen LogP contribution in [0.15, 0.2) is 104 Å². The monoisotopic (exact) mass is 954 g/mol. The van der Waals surface area contributed by atoms with Gasteiger partial charge in [0.25, 0.3) is 0 Å². The second kappa shape index (κ2) is 18.2. The van der Waals surface area contributed by atoms with Crippen LogP contribution in [0.1, 0.15) is 60.2 Å². The zero-order chi connectivity index (χ0) is 49.8. The van der Waals surface area contributed by atoms with Crippen molar-refractivity contribution in [2.75, 3.05) is 14.2 Å². The van der Waals surface area contributed by atoms with Gasteiger partial charge in [-0.25, -0.2) is 9.59 Å². The van der Waals surface area contributed by atoms with E-state index in [0.717, 1.165) is 22.3 Å². The lowest BCUT2D eigenvalue weighted by Crippen LogP contribution is -2.44. The molecule has 8 heterocycles. The summed E-state index contributed by atoms with van der Waals surface area (Å²) in [5.41, 5.74) is 7.62. The van der Waals surface area contributed by atoms with Gasteiger partial charge in [-0.1, -0.05) is 22.4 Å². The Bertz CT molecular complexity index is 3570. The molecule has 0 fully saturated rings. The third-order valence-electron chi connectivity index (χ3n) is 13.0. The molecule has 0 aliphatic rings. The van der Waals surface area contributed by atoms with E-state index < -0.39 is 48.4 Å². The highest BCUT2D eigenvalue weighted by Gasteiger charge is 2.28. The van der Waals surface area contributed by atoms with Crippen LogP contribution in [0.5, 0.6) is 11.5 Å². The minimum Gasteiger partial charge on any atom is -0.496 e. The van der Waals surface area contributed by atoms with Crippen LogP contribution in [0.2, 0.25) is 0 Å². The number of hydrogen-bond donors (Lipinski definition) is 2. The molecule has 2 N–H and O–H groups in total. The van der Waals surface area contributed by atoms with Crippen molar-refractivity contribution in [3.05, 3.63) is 141 Å². The summed E-state index contributed by atoms with van der Waals surface area (Å²) in [6.45, 7) is 10.2. The molecule has 0 bridgehead atoms. The highest BCUT2D eigenvalue weighted by molar-refractivity contribution is 6.38. The number of rotatable bonds is 14. The van der Waals surface area contributed by atoms with Crippen LogP contribution in [0.25, 0.3) is 66.1 Å². The average molecular weight is 955 g/mol. The van der Waals surface area contributed by atoms with Crippen LogP contribution in [0, 0.1) is 27.7 Å². The van der Waals surface area contributed by atoms with E-state index in [-0.39, 0.29) is 7.55 Å². The van der Waals surface area contributed by atoms with Crippen molar-refractivity contribution >= 4 is 63.2 Å². The van der Waals surface area contributed by atoms with E-state index in [9.17, 15) is 19.2 Å². The fraction of sp³-hybridized carbons (Fsp3) is 0.240. The number of aromatic nitrogens is 10. The van der Waals surface area contributed by atoms with E-state index in [1.54, 1.807) is 60.3 Å². The second-order valence-corrected chi connectivity index (χ2v) is 17.2. The summed E-state index contributed by atoms with van der Waals surface area (Å²) in [6, 6.07) is 17.2. The summed E-state index contributed by atoms with van der Waals surface area (Å²) in [7, 11) is 2.81. The van der Waals surface area contributed by atoms with E-state index in [4.69, 9.17) is 28.5 Å². The van der Waals surface area contributed by atoms with Crippen molar-refractivity contribution in [1.29, 1.82) is 0 Å². The first-order valence-electron chi connectivity index (χ1n) is 22.7. The van der Waals surface area contributed by atoms with Crippen molar-refractivity contribution in [3.63, 3.8) is 0 Å². The van der Waals surface area contributed by atoms with E-state index in [1.807, 2.05) is 90.1 Å². The van der Waals surface area contributed by atoms with E-state index in [1.165, 1.54) is 9.13 Å². The van der Waals surface area contributed by atoms with Crippen molar-refractivity contribution in [2.24, 2.45) is 0 Å². The zero-order valence-electron chi connectivity index (χ0n) is 40.1. The summed E-state index contributed by atoms with van der Waals surface area (Å²) >= 11 is 0. The maximum absolute atomic E-state index is 14.6. The van der Waals surface area contributed by atoms with Crippen molar-refractivity contribution < 1.29 is 28.1 Å². The van der Waals surface area contributed by atoms with Crippen molar-refractivity contribution in [1.82, 2.24) is 59.0 Å². The molecule has 0 saturated carbocycles. The number of aryl methyl sites for hydroxylation is 4. The molecule has 71 heavy (non-hydrogen) atoms. The lowest BCUT2D eigenvalue weighted by molar-refractivity contribution is -0.120. The first kappa shape index (κ1) is 45.9. The normalized spacial score (nSPS) is 12.5. The minimum absolute atomic E-state index is 0.307. The number of methoxy groups -OCH3 is 2. The number of nitrogens with one attached hydrogen (secondary N) is 2. The third kappa shape index (κ3) is 7.84. The molecule has 21 heteroatoms. The molecule has 10 rings (SSSR count). The van der Waals surface area contributed by atoms with Gasteiger partial charge in [0, 0.05) is 34.3 Å². The fourth-order valence-electron chi connectivity index (χ4n) is 9.59. The third-order valence-corrected chi connectivity index (χ3v) is 13.0. The van der Waals surface area contributed by atoms with Gasteiger partial charge >= 0.3 is 18.9 Å². The lowest BCUT2D eigenvalue weighted by Gasteiger charge is -2.15. The van der Waals surface area contributed by atoms with E-state index in [0.29, 0.717) is 89.7 Å². The Hall–Kier alpha value is -8.88. The first-order valence-corrected chi connectivity index (χ1v) is 22.7.